The maximum absolute atomic E-state index is 12.6. The van der Waals surface area contributed by atoms with E-state index in [1.54, 1.807) is 0 Å². The van der Waals surface area contributed by atoms with Gasteiger partial charge in [0.1, 0.15) is 0 Å². The summed E-state index contributed by atoms with van der Waals surface area (Å²) in [6.45, 7) is 5.84. The summed E-state index contributed by atoms with van der Waals surface area (Å²) in [5.74, 6) is -0.891. The number of hydrogen-bond donors (Lipinski definition) is 1. The van der Waals surface area contributed by atoms with Crippen LogP contribution in [0.2, 0.25) is 0 Å². The number of nitrogens with zero attached hydrogens (tertiary/aromatic N) is 2. The van der Waals surface area contributed by atoms with Crippen LogP contribution in [0.4, 0.5) is 13.2 Å². The standard InChI is InChI=1S/C18H32N2O.C2HF3O2/c21-18(13-16-7-2-1-3-8-16)20-12-6-9-17(15-20)14-19-10-4-5-11-19;3-2(4,5)1(6)7/h16-17H,1-15H2;(H,6,7). The molecule has 3 aliphatic rings. The molecule has 1 aliphatic carbocycles. The van der Waals surface area contributed by atoms with Crippen LogP contribution in [0.5, 0.6) is 0 Å². The SMILES string of the molecule is O=C(CC1CCCCC1)N1CCCC(CN2CCCC2)C1.O=C(O)C(F)(F)F. The average Bonchev–Trinajstić information content (AvgIpc) is 3.15. The van der Waals surface area contributed by atoms with Crippen LogP contribution in [0.25, 0.3) is 0 Å². The smallest absolute Gasteiger partial charge is 0.475 e. The van der Waals surface area contributed by atoms with Gasteiger partial charge in [0.2, 0.25) is 5.91 Å². The minimum Gasteiger partial charge on any atom is -0.475 e. The summed E-state index contributed by atoms with van der Waals surface area (Å²) in [6, 6.07) is 0. The molecule has 2 aliphatic heterocycles. The van der Waals surface area contributed by atoms with Crippen LogP contribution >= 0.6 is 0 Å². The van der Waals surface area contributed by atoms with Crippen molar-refractivity contribution in [3.63, 3.8) is 0 Å². The van der Waals surface area contributed by atoms with Crippen molar-refractivity contribution in [3.05, 3.63) is 0 Å². The van der Waals surface area contributed by atoms with Crippen LogP contribution in [0.1, 0.15) is 64.2 Å². The Balaban J connectivity index is 0.000000345. The number of carbonyl (C=O) groups is 2. The fourth-order valence-electron chi connectivity index (χ4n) is 4.54. The minimum atomic E-state index is -5.08. The fourth-order valence-corrected chi connectivity index (χ4v) is 4.54. The molecule has 0 radical (unpaired) electrons. The summed E-state index contributed by atoms with van der Waals surface area (Å²) in [7, 11) is 0. The van der Waals surface area contributed by atoms with Gasteiger partial charge in [0.15, 0.2) is 0 Å². The van der Waals surface area contributed by atoms with E-state index < -0.39 is 12.1 Å². The molecule has 1 saturated carbocycles. The molecule has 0 aromatic rings. The van der Waals surface area contributed by atoms with E-state index >= 15 is 0 Å². The zero-order chi connectivity index (χ0) is 20.6. The quantitative estimate of drug-likeness (QED) is 0.769. The van der Waals surface area contributed by atoms with Crippen LogP contribution in [-0.2, 0) is 9.59 Å². The highest BCUT2D eigenvalue weighted by atomic mass is 19.4. The van der Waals surface area contributed by atoms with E-state index in [1.807, 2.05) is 0 Å². The Morgan fingerprint density at radius 2 is 1.43 bits per heavy atom. The lowest BCUT2D eigenvalue weighted by molar-refractivity contribution is -0.192. The molecule has 0 aromatic carbocycles. The molecular formula is C20H33F3N2O3. The summed E-state index contributed by atoms with van der Waals surface area (Å²) in [6.07, 6.45) is 7.67. The Hall–Kier alpha value is -1.31. The Labute approximate surface area is 165 Å². The topological polar surface area (TPSA) is 60.9 Å². The first-order chi connectivity index (χ1) is 13.3. The van der Waals surface area contributed by atoms with Gasteiger partial charge in [-0.05, 0) is 63.5 Å². The summed E-state index contributed by atoms with van der Waals surface area (Å²) in [4.78, 5) is 26.3. The highest BCUT2D eigenvalue weighted by molar-refractivity contribution is 5.76. The number of alkyl halides is 3. The molecule has 28 heavy (non-hydrogen) atoms. The van der Waals surface area contributed by atoms with Gasteiger partial charge < -0.3 is 14.9 Å². The molecule has 0 aromatic heterocycles. The van der Waals surface area contributed by atoms with Crippen molar-refractivity contribution in [1.82, 2.24) is 9.80 Å². The van der Waals surface area contributed by atoms with Crippen molar-refractivity contribution in [2.24, 2.45) is 11.8 Å². The van der Waals surface area contributed by atoms with Crippen molar-refractivity contribution >= 4 is 11.9 Å². The van der Waals surface area contributed by atoms with Crippen molar-refractivity contribution in [1.29, 1.82) is 0 Å². The average molecular weight is 406 g/mol. The monoisotopic (exact) mass is 406 g/mol. The maximum Gasteiger partial charge on any atom is 0.490 e. The number of amides is 1. The minimum absolute atomic E-state index is 0.452. The predicted octanol–water partition coefficient (Wildman–Crippen LogP) is 3.92. The van der Waals surface area contributed by atoms with E-state index in [4.69, 9.17) is 9.90 Å². The number of carboxylic acids is 1. The predicted molar refractivity (Wildman–Crippen MR) is 99.9 cm³/mol. The van der Waals surface area contributed by atoms with Crippen LogP contribution in [0.15, 0.2) is 0 Å². The first-order valence-electron chi connectivity index (χ1n) is 10.6. The first kappa shape index (κ1) is 23.0. The van der Waals surface area contributed by atoms with Crippen LogP contribution in [-0.4, -0.2) is 65.7 Å². The summed E-state index contributed by atoms with van der Waals surface area (Å²) < 4.78 is 31.7. The molecule has 162 valence electrons. The van der Waals surface area contributed by atoms with Gasteiger partial charge in [0.05, 0.1) is 0 Å². The Morgan fingerprint density at radius 3 is 2.00 bits per heavy atom. The van der Waals surface area contributed by atoms with Gasteiger partial charge in [-0.1, -0.05) is 19.3 Å². The fraction of sp³-hybridized carbons (Fsp3) is 0.900. The van der Waals surface area contributed by atoms with Crippen LogP contribution < -0.4 is 0 Å². The van der Waals surface area contributed by atoms with Gasteiger partial charge in [-0.2, -0.15) is 13.2 Å². The van der Waals surface area contributed by atoms with Gasteiger partial charge in [-0.3, -0.25) is 4.79 Å². The molecule has 3 fully saturated rings. The van der Waals surface area contributed by atoms with Crippen LogP contribution in [0.3, 0.4) is 0 Å². The number of halogens is 3. The van der Waals surface area contributed by atoms with Crippen molar-refractivity contribution in [2.45, 2.75) is 70.4 Å². The van der Waals surface area contributed by atoms with Gasteiger partial charge in [-0.25, -0.2) is 4.79 Å². The number of aliphatic carboxylic acids is 1. The van der Waals surface area contributed by atoms with Crippen molar-refractivity contribution in [2.75, 3.05) is 32.7 Å². The Kier molecular flexibility index (Phi) is 9.05. The molecule has 1 amide bonds. The van der Waals surface area contributed by atoms with E-state index in [9.17, 15) is 18.0 Å². The van der Waals surface area contributed by atoms with Gasteiger partial charge in [0.25, 0.3) is 0 Å². The number of carboxylic acid groups (broad SMARTS) is 1. The molecule has 1 atom stereocenters. The highest BCUT2D eigenvalue weighted by Gasteiger charge is 2.38. The first-order valence-corrected chi connectivity index (χ1v) is 10.6. The van der Waals surface area contributed by atoms with E-state index in [1.165, 1.54) is 77.4 Å². The van der Waals surface area contributed by atoms with Crippen molar-refractivity contribution in [3.8, 4) is 0 Å². The summed E-state index contributed by atoms with van der Waals surface area (Å²) >= 11 is 0. The molecule has 0 spiro atoms. The molecule has 5 nitrogen and oxygen atoms in total. The number of hydrogen-bond acceptors (Lipinski definition) is 3. The highest BCUT2D eigenvalue weighted by Crippen LogP contribution is 2.28. The molecule has 2 heterocycles. The molecule has 3 rings (SSSR count). The summed E-state index contributed by atoms with van der Waals surface area (Å²) in [5.41, 5.74) is 0. The molecule has 1 unspecified atom stereocenters. The zero-order valence-electron chi connectivity index (χ0n) is 16.6. The second-order valence-electron chi connectivity index (χ2n) is 8.37. The Morgan fingerprint density at radius 1 is 0.857 bits per heavy atom. The lowest BCUT2D eigenvalue weighted by atomic mass is 9.86. The maximum atomic E-state index is 12.6. The molecular weight excluding hydrogens is 373 g/mol. The van der Waals surface area contributed by atoms with Crippen LogP contribution in [0, 0.1) is 11.8 Å². The largest absolute Gasteiger partial charge is 0.490 e. The van der Waals surface area contributed by atoms with E-state index in [0.29, 0.717) is 11.8 Å². The third kappa shape index (κ3) is 7.97. The summed E-state index contributed by atoms with van der Waals surface area (Å²) in [5, 5.41) is 7.12. The number of piperidine rings is 1. The zero-order valence-corrected chi connectivity index (χ0v) is 16.6. The normalized spacial score (nSPS) is 24.5. The molecule has 1 N–H and O–H groups in total. The van der Waals surface area contributed by atoms with E-state index in [2.05, 4.69) is 9.80 Å². The Bertz CT molecular complexity index is 501. The lowest BCUT2D eigenvalue weighted by Gasteiger charge is -2.35. The number of likely N-dealkylation sites (tertiary alicyclic amines) is 2. The van der Waals surface area contributed by atoms with Gasteiger partial charge >= 0.3 is 12.1 Å². The number of carbonyl (C=O) groups excluding carboxylic acids is 1. The molecule has 2 saturated heterocycles. The van der Waals surface area contributed by atoms with Gasteiger partial charge in [0, 0.05) is 26.1 Å². The van der Waals surface area contributed by atoms with Gasteiger partial charge in [-0.15, -0.1) is 0 Å². The second kappa shape index (κ2) is 11.0. The van der Waals surface area contributed by atoms with Crippen molar-refractivity contribution < 1.29 is 27.9 Å². The van der Waals surface area contributed by atoms with E-state index in [-0.39, 0.29) is 0 Å². The lowest BCUT2D eigenvalue weighted by Crippen LogP contribution is -2.43. The third-order valence-corrected chi connectivity index (χ3v) is 6.02. The second-order valence-corrected chi connectivity index (χ2v) is 8.37. The van der Waals surface area contributed by atoms with E-state index in [0.717, 1.165) is 25.4 Å². The molecule has 8 heteroatoms. The number of rotatable bonds is 4. The third-order valence-electron chi connectivity index (χ3n) is 6.02. The molecule has 0 bridgehead atoms.